The van der Waals surface area contributed by atoms with Gasteiger partial charge < -0.3 is 5.32 Å². The lowest BCUT2D eigenvalue weighted by molar-refractivity contribution is -0.440. The van der Waals surface area contributed by atoms with Crippen molar-refractivity contribution in [3.05, 3.63) is 0 Å². The van der Waals surface area contributed by atoms with Crippen LogP contribution in [0.4, 0.5) is 57.1 Å². The summed E-state index contributed by atoms with van der Waals surface area (Å²) in [4.78, 5) is 11.4. The zero-order valence-electron chi connectivity index (χ0n) is 13.7. The van der Waals surface area contributed by atoms with Gasteiger partial charge in [0, 0.05) is 6.54 Å². The van der Waals surface area contributed by atoms with E-state index in [9.17, 15) is 61.9 Å². The average Bonchev–Trinajstić information content (AvgIpc) is 2.52. The Balaban J connectivity index is 6.32. The van der Waals surface area contributed by atoms with E-state index in [4.69, 9.17) is 0 Å². The van der Waals surface area contributed by atoms with Crippen molar-refractivity contribution in [1.82, 2.24) is 5.32 Å². The van der Waals surface area contributed by atoms with Crippen LogP contribution in [0.15, 0.2) is 0 Å². The maximum Gasteiger partial charge on any atom is 0.460 e. The molecule has 0 fully saturated rings. The molecule has 0 aliphatic heterocycles. The number of carbonyl (C=O) groups is 1. The summed E-state index contributed by atoms with van der Waals surface area (Å²) < 4.78 is 164. The van der Waals surface area contributed by atoms with Gasteiger partial charge in [-0.2, -0.15) is 57.1 Å². The second-order valence-corrected chi connectivity index (χ2v) is 6.88. The van der Waals surface area contributed by atoms with E-state index in [1.165, 1.54) is 12.2 Å². The molecule has 0 spiro atoms. The van der Waals surface area contributed by atoms with E-state index < -0.39 is 52.6 Å². The summed E-state index contributed by atoms with van der Waals surface area (Å²) in [6.45, 7) is 0.893. The third-order valence-corrected chi connectivity index (χ3v) is 4.25. The van der Waals surface area contributed by atoms with Crippen LogP contribution in [0.1, 0.15) is 19.8 Å². The van der Waals surface area contributed by atoms with Gasteiger partial charge in [-0.3, -0.25) is 4.79 Å². The Morgan fingerprint density at radius 1 is 0.690 bits per heavy atom. The Bertz CT molecular complexity index is 603. The Morgan fingerprint density at radius 3 is 1.38 bits per heavy atom. The largest absolute Gasteiger partial charge is 0.460 e. The summed E-state index contributed by atoms with van der Waals surface area (Å²) >= 11 is 9.28. The fourth-order valence-corrected chi connectivity index (χ4v) is 1.97. The topological polar surface area (TPSA) is 29.1 Å². The second-order valence-electron chi connectivity index (χ2n) is 5.55. The van der Waals surface area contributed by atoms with Gasteiger partial charge in [0.05, 0.1) is 0 Å². The molecule has 174 valence electrons. The molecule has 17 heteroatoms. The predicted molar refractivity (Wildman–Crippen MR) is 73.1 cm³/mol. The molecule has 0 saturated carbocycles. The van der Waals surface area contributed by atoms with Gasteiger partial charge in [-0.25, -0.2) is 0 Å². The first-order valence-electron chi connectivity index (χ1n) is 7.10. The lowest BCUT2D eigenvalue weighted by atomic mass is 9.92. The van der Waals surface area contributed by atoms with Crippen LogP contribution in [0.3, 0.4) is 0 Å². The molecule has 0 aliphatic rings. The highest BCUT2D eigenvalue weighted by molar-refractivity contribution is 6.59. The summed E-state index contributed by atoms with van der Waals surface area (Å²) in [5.41, 5.74) is 0. The number of hydrogen-bond acceptors (Lipinski definition) is 1. The van der Waals surface area contributed by atoms with E-state index >= 15 is 0 Å². The Hall–Kier alpha value is -0.860. The van der Waals surface area contributed by atoms with Crippen molar-refractivity contribution in [2.24, 2.45) is 0 Å². The summed E-state index contributed by atoms with van der Waals surface area (Å²) in [7, 11) is 0. The second kappa shape index (κ2) is 8.00. The third-order valence-electron chi connectivity index (χ3n) is 3.43. The number of unbranched alkanes of at least 4 members (excludes halogenated alkanes) is 1. The number of carbonyl (C=O) groups excluding carboxylic acids is 1. The van der Waals surface area contributed by atoms with E-state index in [2.05, 4.69) is 23.2 Å². The van der Waals surface area contributed by atoms with Crippen LogP contribution in [0, 0.1) is 0 Å². The van der Waals surface area contributed by atoms with Gasteiger partial charge in [-0.1, -0.05) is 36.5 Å². The first-order chi connectivity index (χ1) is 12.5. The van der Waals surface area contributed by atoms with Crippen molar-refractivity contribution < 1.29 is 61.9 Å². The van der Waals surface area contributed by atoms with Gasteiger partial charge in [0.2, 0.25) is 0 Å². The summed E-state index contributed by atoms with van der Waals surface area (Å²) in [6, 6.07) is 0. The predicted octanol–water partition coefficient (Wildman–Crippen LogP) is 5.82. The Labute approximate surface area is 163 Å². The summed E-state index contributed by atoms with van der Waals surface area (Å²) in [6.07, 6.45) is -7.29. The van der Waals surface area contributed by atoms with Gasteiger partial charge in [0.1, 0.15) is 0 Å². The molecule has 0 aromatic carbocycles. The Morgan fingerprint density at radius 2 is 1.03 bits per heavy atom. The van der Waals surface area contributed by atoms with Crippen molar-refractivity contribution >= 4 is 29.1 Å². The van der Waals surface area contributed by atoms with Crippen LogP contribution in [0.25, 0.3) is 0 Å². The molecule has 29 heavy (non-hydrogen) atoms. The van der Waals surface area contributed by atoms with Gasteiger partial charge in [-0.15, -0.1) is 0 Å². The molecule has 1 N–H and O–H groups in total. The molecule has 0 saturated heterocycles. The molecule has 0 atom stereocenters. The SMILES string of the molecule is CCCCNC(=O)C(Cl)(Cl)C(F)(F)C(F)(F)C(F)(F)C(F)(F)C(F)(F)C(F)(F)F. The van der Waals surface area contributed by atoms with Crippen molar-refractivity contribution in [2.75, 3.05) is 6.54 Å². The molecular formula is C12H10Cl2F13NO. The number of hydrogen-bond donors (Lipinski definition) is 1. The molecule has 0 radical (unpaired) electrons. The molecule has 0 aliphatic carbocycles. The minimum Gasteiger partial charge on any atom is -0.353 e. The number of nitrogens with one attached hydrogen (secondary N) is 1. The van der Waals surface area contributed by atoms with E-state index in [1.807, 2.05) is 0 Å². The highest BCUT2D eigenvalue weighted by Gasteiger charge is 2.93. The first-order valence-corrected chi connectivity index (χ1v) is 7.86. The van der Waals surface area contributed by atoms with Crippen LogP contribution in [0.5, 0.6) is 0 Å². The fraction of sp³-hybridized carbons (Fsp3) is 0.917. The highest BCUT2D eigenvalue weighted by Crippen LogP contribution is 2.62. The standard InChI is InChI=1S/C12H10Cl2F13NO/c1-2-3-4-28-5(29)6(13,14)7(15,16)8(17,18)9(19,20)10(21,22)11(23,24)12(25,26)27/h2-4H2,1H3,(H,28,29). The molecule has 0 aromatic heterocycles. The highest BCUT2D eigenvalue weighted by atomic mass is 35.5. The maximum absolute atomic E-state index is 13.8. The molecule has 1 amide bonds. The molecule has 0 rings (SSSR count). The van der Waals surface area contributed by atoms with Crippen LogP contribution in [0.2, 0.25) is 0 Å². The quantitative estimate of drug-likeness (QED) is 0.241. The van der Waals surface area contributed by atoms with Crippen LogP contribution >= 0.6 is 23.2 Å². The number of rotatable bonds is 9. The van der Waals surface area contributed by atoms with E-state index in [-0.39, 0.29) is 12.8 Å². The fourth-order valence-electron chi connectivity index (χ4n) is 1.60. The van der Waals surface area contributed by atoms with Crippen molar-refractivity contribution in [1.29, 1.82) is 0 Å². The summed E-state index contributed by atoms with van der Waals surface area (Å²) in [5.74, 6) is -41.3. The molecule has 0 aromatic rings. The molecule has 0 unspecified atom stereocenters. The van der Waals surface area contributed by atoms with Crippen LogP contribution in [-0.4, -0.2) is 52.6 Å². The average molecular weight is 502 g/mol. The lowest BCUT2D eigenvalue weighted by Crippen LogP contribution is -2.73. The monoisotopic (exact) mass is 501 g/mol. The van der Waals surface area contributed by atoms with Gasteiger partial charge in [0.15, 0.2) is 0 Å². The maximum atomic E-state index is 13.8. The normalized spacial score (nSPS) is 15.4. The Kier molecular flexibility index (Phi) is 7.76. The van der Waals surface area contributed by atoms with Gasteiger partial charge in [-0.05, 0) is 6.42 Å². The van der Waals surface area contributed by atoms with Crippen molar-refractivity contribution in [3.63, 3.8) is 0 Å². The number of alkyl halides is 15. The molecule has 2 nitrogen and oxygen atoms in total. The van der Waals surface area contributed by atoms with Crippen LogP contribution in [-0.2, 0) is 4.79 Å². The first kappa shape index (κ1) is 28.1. The van der Waals surface area contributed by atoms with E-state index in [0.717, 1.165) is 0 Å². The molecule has 0 heterocycles. The molecule has 0 bridgehead atoms. The minimum atomic E-state index is -8.10. The third kappa shape index (κ3) is 4.17. The minimum absolute atomic E-state index is 0.0103. The lowest BCUT2D eigenvalue weighted by Gasteiger charge is -2.42. The van der Waals surface area contributed by atoms with Gasteiger partial charge in [0.25, 0.3) is 10.2 Å². The number of halogens is 15. The summed E-state index contributed by atoms with van der Waals surface area (Å²) in [5, 5.41) is 1.37. The number of amides is 1. The van der Waals surface area contributed by atoms with Gasteiger partial charge >= 0.3 is 35.8 Å². The van der Waals surface area contributed by atoms with Crippen molar-refractivity contribution in [2.45, 2.75) is 59.9 Å². The van der Waals surface area contributed by atoms with E-state index in [0.29, 0.717) is 0 Å². The smallest absolute Gasteiger partial charge is 0.353 e. The zero-order chi connectivity index (χ0) is 23.9. The van der Waals surface area contributed by atoms with E-state index in [1.54, 1.807) is 0 Å². The zero-order valence-corrected chi connectivity index (χ0v) is 15.2. The van der Waals surface area contributed by atoms with Crippen molar-refractivity contribution in [3.8, 4) is 0 Å². The van der Waals surface area contributed by atoms with Crippen LogP contribution < -0.4 is 5.32 Å². The molecular weight excluding hydrogens is 492 g/mol.